The van der Waals surface area contributed by atoms with Gasteiger partial charge in [-0.25, -0.2) is 0 Å². The second-order valence-corrected chi connectivity index (χ2v) is 5.44. The van der Waals surface area contributed by atoms with Gasteiger partial charge in [-0.3, -0.25) is 19.9 Å². The fraction of sp³-hybridized carbons (Fsp3) is 0. The zero-order valence-electron chi connectivity index (χ0n) is 10.9. The monoisotopic (exact) mass is 334 g/mol. The van der Waals surface area contributed by atoms with Crippen molar-refractivity contribution in [2.45, 2.75) is 0 Å². The van der Waals surface area contributed by atoms with E-state index in [1.54, 1.807) is 6.07 Å². The van der Waals surface area contributed by atoms with Crippen LogP contribution in [0, 0.1) is 0 Å². The molecular formula is C15H8Cl2N2O3. The minimum absolute atomic E-state index is 0.118. The quantitative estimate of drug-likeness (QED) is 0.653. The van der Waals surface area contributed by atoms with Crippen LogP contribution in [0.5, 0.6) is 5.75 Å². The Morgan fingerprint density at radius 3 is 2.55 bits per heavy atom. The van der Waals surface area contributed by atoms with E-state index in [2.05, 4.69) is 10.3 Å². The van der Waals surface area contributed by atoms with Gasteiger partial charge in [0.1, 0.15) is 5.75 Å². The lowest BCUT2D eigenvalue weighted by molar-refractivity contribution is 0.0879. The molecule has 1 aliphatic rings. The predicted octanol–water partition coefficient (Wildman–Crippen LogP) is 3.33. The van der Waals surface area contributed by atoms with Crippen molar-refractivity contribution in [3.8, 4) is 5.75 Å². The normalized spacial score (nSPS) is 13.5. The number of phenols is 1. The van der Waals surface area contributed by atoms with Gasteiger partial charge < -0.3 is 5.11 Å². The maximum absolute atomic E-state index is 11.6. The first-order chi connectivity index (χ1) is 10.5. The number of imide groups is 1. The molecule has 0 saturated carbocycles. The van der Waals surface area contributed by atoms with E-state index < -0.39 is 11.8 Å². The van der Waals surface area contributed by atoms with E-state index in [1.165, 1.54) is 30.5 Å². The fourth-order valence-corrected chi connectivity index (χ4v) is 2.57. The van der Waals surface area contributed by atoms with Crippen LogP contribution in [0.1, 0.15) is 26.3 Å². The van der Waals surface area contributed by atoms with Crippen molar-refractivity contribution in [1.29, 1.82) is 0 Å². The molecule has 2 amide bonds. The van der Waals surface area contributed by atoms with Crippen LogP contribution in [0.2, 0.25) is 10.0 Å². The third-order valence-electron chi connectivity index (χ3n) is 3.13. The number of halogens is 2. The van der Waals surface area contributed by atoms with Crippen molar-refractivity contribution >= 4 is 46.9 Å². The molecule has 2 N–H and O–H groups in total. The maximum Gasteiger partial charge on any atom is 0.259 e. The molecule has 110 valence electrons. The van der Waals surface area contributed by atoms with E-state index in [9.17, 15) is 14.7 Å². The number of hydrogen-bond acceptors (Lipinski definition) is 4. The van der Waals surface area contributed by atoms with Gasteiger partial charge in [0, 0.05) is 16.8 Å². The molecule has 1 aliphatic heterocycles. The zero-order valence-corrected chi connectivity index (χ0v) is 12.4. The average Bonchev–Trinajstić information content (AvgIpc) is 2.76. The highest BCUT2D eigenvalue weighted by Gasteiger charge is 2.26. The molecular weight excluding hydrogens is 327 g/mol. The van der Waals surface area contributed by atoms with Gasteiger partial charge in [-0.05, 0) is 30.3 Å². The number of aromatic hydroxyl groups is 1. The summed E-state index contributed by atoms with van der Waals surface area (Å²) >= 11 is 11.7. The molecule has 0 aliphatic carbocycles. The van der Waals surface area contributed by atoms with Gasteiger partial charge in [0.05, 0.1) is 21.8 Å². The molecule has 2 aromatic carbocycles. The van der Waals surface area contributed by atoms with Crippen LogP contribution in [-0.2, 0) is 0 Å². The SMILES string of the molecule is O=C1NC(=O)c2cc(N=Cc3cc(Cl)cc(Cl)c3O)ccc21. The number of carbonyl (C=O) groups is 2. The Bertz CT molecular complexity index is 847. The number of hydrogen-bond donors (Lipinski definition) is 2. The summed E-state index contributed by atoms with van der Waals surface area (Å²) in [5.74, 6) is -1.01. The lowest BCUT2D eigenvalue weighted by Gasteiger charge is -2.02. The Hall–Kier alpha value is -2.37. The first-order valence-electron chi connectivity index (χ1n) is 6.17. The van der Waals surface area contributed by atoms with Gasteiger partial charge in [0.15, 0.2) is 0 Å². The lowest BCUT2D eigenvalue weighted by Crippen LogP contribution is -2.19. The van der Waals surface area contributed by atoms with Crippen molar-refractivity contribution in [3.63, 3.8) is 0 Å². The molecule has 0 saturated heterocycles. The van der Waals surface area contributed by atoms with Crippen molar-refractivity contribution in [1.82, 2.24) is 5.32 Å². The van der Waals surface area contributed by atoms with Crippen LogP contribution in [-0.4, -0.2) is 23.1 Å². The van der Waals surface area contributed by atoms with E-state index >= 15 is 0 Å². The molecule has 2 aromatic rings. The Morgan fingerprint density at radius 2 is 1.77 bits per heavy atom. The Morgan fingerprint density at radius 1 is 1.05 bits per heavy atom. The third kappa shape index (κ3) is 2.56. The molecule has 22 heavy (non-hydrogen) atoms. The maximum atomic E-state index is 11.6. The van der Waals surface area contributed by atoms with Crippen LogP contribution >= 0.6 is 23.2 Å². The minimum Gasteiger partial charge on any atom is -0.506 e. The molecule has 7 heteroatoms. The van der Waals surface area contributed by atoms with E-state index in [0.717, 1.165) is 0 Å². The van der Waals surface area contributed by atoms with Crippen molar-refractivity contribution in [3.05, 3.63) is 57.1 Å². The van der Waals surface area contributed by atoms with E-state index in [4.69, 9.17) is 23.2 Å². The van der Waals surface area contributed by atoms with E-state index in [-0.39, 0.29) is 16.3 Å². The summed E-state index contributed by atoms with van der Waals surface area (Å²) in [7, 11) is 0. The number of nitrogens with zero attached hydrogens (tertiary/aromatic N) is 1. The van der Waals surface area contributed by atoms with E-state index in [0.29, 0.717) is 21.8 Å². The summed E-state index contributed by atoms with van der Waals surface area (Å²) in [5, 5.41) is 12.5. The van der Waals surface area contributed by atoms with E-state index in [1.807, 2.05) is 0 Å². The highest BCUT2D eigenvalue weighted by Crippen LogP contribution is 2.30. The number of aliphatic imine (C=N–C) groups is 1. The van der Waals surface area contributed by atoms with Crippen LogP contribution in [0.3, 0.4) is 0 Å². The molecule has 0 fully saturated rings. The molecule has 0 aromatic heterocycles. The number of fused-ring (bicyclic) bond motifs is 1. The molecule has 0 bridgehead atoms. The third-order valence-corrected chi connectivity index (χ3v) is 3.64. The van der Waals surface area contributed by atoms with Crippen LogP contribution in [0.15, 0.2) is 35.3 Å². The Kier molecular flexibility index (Phi) is 3.60. The number of carbonyl (C=O) groups excluding carboxylic acids is 2. The Labute approximate surface area is 135 Å². The second kappa shape index (κ2) is 5.44. The summed E-state index contributed by atoms with van der Waals surface area (Å²) in [6, 6.07) is 7.54. The molecule has 5 nitrogen and oxygen atoms in total. The number of nitrogens with one attached hydrogen (secondary N) is 1. The predicted molar refractivity (Wildman–Crippen MR) is 83.6 cm³/mol. The van der Waals surface area contributed by atoms with Gasteiger partial charge in [0.2, 0.25) is 0 Å². The van der Waals surface area contributed by atoms with Crippen molar-refractivity contribution in [2.24, 2.45) is 4.99 Å². The molecule has 0 radical (unpaired) electrons. The summed E-state index contributed by atoms with van der Waals surface area (Å²) in [4.78, 5) is 27.2. The van der Waals surface area contributed by atoms with Crippen molar-refractivity contribution in [2.75, 3.05) is 0 Å². The number of phenolic OH excluding ortho intramolecular Hbond substituents is 1. The number of rotatable bonds is 2. The van der Waals surface area contributed by atoms with Gasteiger partial charge in [-0.15, -0.1) is 0 Å². The summed E-state index contributed by atoms with van der Waals surface area (Å²) in [5.41, 5.74) is 1.39. The van der Waals surface area contributed by atoms with Gasteiger partial charge in [-0.1, -0.05) is 23.2 Å². The van der Waals surface area contributed by atoms with Crippen LogP contribution in [0.4, 0.5) is 5.69 Å². The standard InChI is InChI=1S/C15H8Cl2N2O3/c16-8-3-7(13(20)12(17)4-8)6-18-9-1-2-10-11(5-9)15(22)19-14(10)21/h1-6,20H,(H,19,21,22). The molecule has 3 rings (SSSR count). The first kappa shape index (κ1) is 14.6. The van der Waals surface area contributed by atoms with Crippen LogP contribution in [0.25, 0.3) is 0 Å². The summed E-state index contributed by atoms with van der Waals surface area (Å²) in [6.45, 7) is 0. The average molecular weight is 335 g/mol. The summed E-state index contributed by atoms with van der Waals surface area (Å²) < 4.78 is 0. The minimum atomic E-state index is -0.453. The van der Waals surface area contributed by atoms with Gasteiger partial charge in [0.25, 0.3) is 11.8 Å². The number of benzene rings is 2. The smallest absolute Gasteiger partial charge is 0.259 e. The fourth-order valence-electron chi connectivity index (χ4n) is 2.06. The number of amides is 2. The summed E-state index contributed by atoms with van der Waals surface area (Å²) in [6.07, 6.45) is 1.38. The molecule has 0 atom stereocenters. The Balaban J connectivity index is 1.96. The molecule has 1 heterocycles. The zero-order chi connectivity index (χ0) is 15.9. The van der Waals surface area contributed by atoms with Crippen LogP contribution < -0.4 is 5.32 Å². The van der Waals surface area contributed by atoms with Gasteiger partial charge >= 0.3 is 0 Å². The largest absolute Gasteiger partial charge is 0.506 e. The molecule has 0 unspecified atom stereocenters. The lowest BCUT2D eigenvalue weighted by atomic mass is 10.1. The van der Waals surface area contributed by atoms with Crippen molar-refractivity contribution < 1.29 is 14.7 Å². The highest BCUT2D eigenvalue weighted by atomic mass is 35.5. The first-order valence-corrected chi connectivity index (χ1v) is 6.93. The highest BCUT2D eigenvalue weighted by molar-refractivity contribution is 6.36. The second-order valence-electron chi connectivity index (χ2n) is 4.60. The molecule has 0 spiro atoms. The van der Waals surface area contributed by atoms with Gasteiger partial charge in [-0.2, -0.15) is 0 Å². The topological polar surface area (TPSA) is 78.8 Å².